The van der Waals surface area contributed by atoms with E-state index in [2.05, 4.69) is 6.58 Å². The summed E-state index contributed by atoms with van der Waals surface area (Å²) in [5, 5.41) is 8.61. The number of hydrogen-bond donors (Lipinski definition) is 1. The predicted octanol–water partition coefficient (Wildman–Crippen LogP) is 3.98. The lowest BCUT2D eigenvalue weighted by atomic mass is 10.00. The fraction of sp³-hybridized carbons (Fsp3) is 0.182. The van der Waals surface area contributed by atoms with Crippen molar-refractivity contribution in [2.24, 2.45) is 0 Å². The van der Waals surface area contributed by atoms with Gasteiger partial charge in [0.25, 0.3) is 0 Å². The lowest BCUT2D eigenvalue weighted by molar-refractivity contribution is -0.137. The fourth-order valence-electron chi connectivity index (χ4n) is 1.25. The summed E-state index contributed by atoms with van der Waals surface area (Å²) in [5.41, 5.74) is -4.84. The molecule has 0 heterocycles. The number of hydrogen-bond acceptors (Lipinski definition) is 1. The topological polar surface area (TPSA) is 37.3 Å². The minimum Gasteiger partial charge on any atom is -0.478 e. The van der Waals surface area contributed by atoms with Crippen LogP contribution in [0.4, 0.5) is 26.3 Å². The second-order valence-corrected chi connectivity index (χ2v) is 3.58. The van der Waals surface area contributed by atoms with Gasteiger partial charge in [-0.1, -0.05) is 6.58 Å². The summed E-state index contributed by atoms with van der Waals surface area (Å²) in [7, 11) is 0. The van der Waals surface area contributed by atoms with Gasteiger partial charge in [0.05, 0.1) is 16.7 Å². The van der Waals surface area contributed by atoms with Crippen molar-refractivity contribution in [1.82, 2.24) is 0 Å². The van der Waals surface area contributed by atoms with Crippen LogP contribution in [-0.4, -0.2) is 17.3 Å². The van der Waals surface area contributed by atoms with E-state index < -0.39 is 40.6 Å². The minimum atomic E-state index is -4.95. The molecule has 0 spiro atoms. The summed E-state index contributed by atoms with van der Waals surface area (Å²) in [4.78, 5) is 10.6. The zero-order valence-corrected chi connectivity index (χ0v) is 9.06. The van der Waals surface area contributed by atoms with Crippen molar-refractivity contribution in [2.75, 3.05) is 0 Å². The zero-order valence-electron chi connectivity index (χ0n) is 9.06. The summed E-state index contributed by atoms with van der Waals surface area (Å²) < 4.78 is 74.5. The van der Waals surface area contributed by atoms with Gasteiger partial charge in [-0.2, -0.15) is 26.3 Å². The molecule has 0 aliphatic carbocycles. The number of carboxylic acids is 1. The third-order valence-electron chi connectivity index (χ3n) is 2.20. The van der Waals surface area contributed by atoms with Crippen LogP contribution >= 0.6 is 0 Å². The molecule has 2 nitrogen and oxygen atoms in total. The van der Waals surface area contributed by atoms with Crippen molar-refractivity contribution < 1.29 is 36.2 Å². The van der Waals surface area contributed by atoms with Crippen LogP contribution < -0.4 is 0 Å². The van der Waals surface area contributed by atoms with Gasteiger partial charge in [0.1, 0.15) is 0 Å². The van der Waals surface area contributed by atoms with E-state index in [1.165, 1.54) is 0 Å². The van der Waals surface area contributed by atoms with Crippen molar-refractivity contribution in [1.29, 1.82) is 0 Å². The molecule has 0 saturated carbocycles. The van der Waals surface area contributed by atoms with E-state index in [4.69, 9.17) is 5.11 Å². The molecule has 1 rings (SSSR count). The average Bonchev–Trinajstić information content (AvgIpc) is 2.24. The van der Waals surface area contributed by atoms with Gasteiger partial charge in [-0.3, -0.25) is 0 Å². The van der Waals surface area contributed by atoms with Crippen LogP contribution in [0.1, 0.15) is 21.5 Å². The van der Waals surface area contributed by atoms with Gasteiger partial charge in [0, 0.05) is 0 Å². The molecule has 0 fully saturated rings. The van der Waals surface area contributed by atoms with Crippen LogP contribution in [0, 0.1) is 0 Å². The first-order chi connectivity index (χ1) is 8.43. The molecule has 0 radical (unpaired) electrons. The summed E-state index contributed by atoms with van der Waals surface area (Å²) in [5.74, 6) is -1.76. The number of carboxylic acid groups (broad SMARTS) is 1. The number of rotatable bonds is 2. The Morgan fingerprint density at radius 3 is 1.84 bits per heavy atom. The van der Waals surface area contributed by atoms with Crippen LogP contribution in [0.3, 0.4) is 0 Å². The van der Waals surface area contributed by atoms with E-state index in [0.717, 1.165) is 0 Å². The molecule has 0 bridgehead atoms. The van der Waals surface area contributed by atoms with Gasteiger partial charge in [0.2, 0.25) is 0 Å². The smallest absolute Gasteiger partial charge is 0.416 e. The lowest BCUT2D eigenvalue weighted by Crippen LogP contribution is -2.13. The molecular formula is C11H6F6O2. The highest BCUT2D eigenvalue weighted by Gasteiger charge is 2.36. The first-order valence-corrected chi connectivity index (χ1v) is 4.65. The van der Waals surface area contributed by atoms with Gasteiger partial charge in [-0.25, -0.2) is 4.79 Å². The maximum atomic E-state index is 12.5. The molecule has 1 aromatic rings. The molecule has 1 aromatic carbocycles. The molecule has 0 aromatic heterocycles. The quantitative estimate of drug-likeness (QED) is 0.834. The van der Waals surface area contributed by atoms with Crippen molar-refractivity contribution in [3.63, 3.8) is 0 Å². The van der Waals surface area contributed by atoms with Crippen LogP contribution in [0.5, 0.6) is 0 Å². The van der Waals surface area contributed by atoms with E-state index in [-0.39, 0.29) is 12.1 Å². The lowest BCUT2D eigenvalue weighted by Gasteiger charge is -2.14. The second-order valence-electron chi connectivity index (χ2n) is 3.58. The summed E-state index contributed by atoms with van der Waals surface area (Å²) >= 11 is 0. The molecule has 0 amide bonds. The fourth-order valence-corrected chi connectivity index (χ4v) is 1.25. The van der Waals surface area contributed by atoms with E-state index in [0.29, 0.717) is 6.07 Å². The van der Waals surface area contributed by atoms with Crippen LogP contribution in [0.15, 0.2) is 24.8 Å². The Kier molecular flexibility index (Phi) is 3.65. The standard InChI is InChI=1S/C11H6F6O2/c1-5(10(12,13)14)6-2-7(9(18)19)4-8(3-6)11(15,16)17/h2-4H,1H2,(H,18,19). The second kappa shape index (κ2) is 4.60. The Morgan fingerprint density at radius 2 is 1.47 bits per heavy atom. The van der Waals surface area contributed by atoms with E-state index in [1.807, 2.05) is 0 Å². The monoisotopic (exact) mass is 284 g/mol. The number of carbonyl (C=O) groups is 1. The Morgan fingerprint density at radius 1 is 1.00 bits per heavy atom. The third-order valence-corrected chi connectivity index (χ3v) is 2.20. The van der Waals surface area contributed by atoms with Gasteiger partial charge < -0.3 is 5.11 Å². The van der Waals surface area contributed by atoms with E-state index in [9.17, 15) is 31.1 Å². The Hall–Kier alpha value is -1.99. The van der Waals surface area contributed by atoms with Crippen LogP contribution in [-0.2, 0) is 6.18 Å². The van der Waals surface area contributed by atoms with E-state index >= 15 is 0 Å². The highest BCUT2D eigenvalue weighted by molar-refractivity contribution is 5.89. The SMILES string of the molecule is C=C(c1cc(C(=O)O)cc(C(F)(F)F)c1)C(F)(F)F. The molecule has 0 atom stereocenters. The number of allylic oxidation sites excluding steroid dienone is 1. The maximum absolute atomic E-state index is 12.5. The Bertz CT molecular complexity index is 527. The third kappa shape index (κ3) is 3.49. The van der Waals surface area contributed by atoms with Gasteiger partial charge in [-0.15, -0.1) is 0 Å². The van der Waals surface area contributed by atoms with Crippen LogP contribution in [0.2, 0.25) is 0 Å². The molecule has 19 heavy (non-hydrogen) atoms. The van der Waals surface area contributed by atoms with Crippen molar-refractivity contribution in [2.45, 2.75) is 12.4 Å². The Labute approximate surface area is 103 Å². The molecule has 0 aliphatic rings. The molecule has 0 aliphatic heterocycles. The molecule has 104 valence electrons. The largest absolute Gasteiger partial charge is 0.478 e. The molecular weight excluding hydrogens is 278 g/mol. The zero-order chi connectivity index (χ0) is 15.0. The average molecular weight is 284 g/mol. The predicted molar refractivity (Wildman–Crippen MR) is 53.5 cm³/mol. The number of aromatic carboxylic acids is 1. The number of halogens is 6. The number of alkyl halides is 6. The Balaban J connectivity index is 3.46. The molecule has 0 saturated heterocycles. The van der Waals surface area contributed by atoms with E-state index in [1.54, 1.807) is 0 Å². The summed E-state index contributed by atoms with van der Waals surface area (Å²) in [6.45, 7) is 2.63. The molecule has 0 unspecified atom stereocenters. The van der Waals surface area contributed by atoms with Gasteiger partial charge in [0.15, 0.2) is 0 Å². The summed E-state index contributed by atoms with van der Waals surface area (Å²) in [6, 6.07) is 0.963. The first-order valence-electron chi connectivity index (χ1n) is 4.65. The van der Waals surface area contributed by atoms with Gasteiger partial charge >= 0.3 is 18.3 Å². The van der Waals surface area contributed by atoms with Gasteiger partial charge in [-0.05, 0) is 23.8 Å². The molecule has 1 N–H and O–H groups in total. The maximum Gasteiger partial charge on any atom is 0.416 e. The van der Waals surface area contributed by atoms with Crippen LogP contribution in [0.25, 0.3) is 5.57 Å². The normalized spacial score (nSPS) is 12.3. The minimum absolute atomic E-state index is 0.211. The highest BCUT2D eigenvalue weighted by Crippen LogP contribution is 2.36. The number of benzene rings is 1. The van der Waals surface area contributed by atoms with Crippen molar-refractivity contribution in [3.05, 3.63) is 41.5 Å². The molecule has 8 heteroatoms. The first kappa shape index (κ1) is 15.1. The van der Waals surface area contributed by atoms with Crippen molar-refractivity contribution >= 4 is 11.5 Å². The highest BCUT2D eigenvalue weighted by atomic mass is 19.4. The summed E-state index contributed by atoms with van der Waals surface area (Å²) in [6.07, 6.45) is -9.90. The van der Waals surface area contributed by atoms with Crippen molar-refractivity contribution in [3.8, 4) is 0 Å².